The van der Waals surface area contributed by atoms with Gasteiger partial charge in [-0.05, 0) is 16.7 Å². The minimum absolute atomic E-state index is 0.0264. The zero-order valence-electron chi connectivity index (χ0n) is 11.7. The van der Waals surface area contributed by atoms with Gasteiger partial charge in [-0.25, -0.2) is 4.79 Å². The van der Waals surface area contributed by atoms with Crippen LogP contribution in [0.3, 0.4) is 0 Å². The molecular formula is C13H20N2O4. The maximum Gasteiger partial charge on any atom is 0.353 e. The Balaban J connectivity index is 1.80. The molecule has 1 saturated carbocycles. The topological polar surface area (TPSA) is 88.0 Å². The number of carboxylic acids is 1. The third-order valence-electron chi connectivity index (χ3n) is 5.01. The minimum atomic E-state index is -1.14. The second-order valence-electron chi connectivity index (χ2n) is 6.38. The van der Waals surface area contributed by atoms with Gasteiger partial charge in [-0.1, -0.05) is 32.9 Å². The van der Waals surface area contributed by atoms with Gasteiger partial charge in [0.1, 0.15) is 0 Å². The van der Waals surface area contributed by atoms with Crippen LogP contribution in [0.5, 0.6) is 0 Å². The number of carbonyl (C=O) groups is 2. The first-order valence-electron chi connectivity index (χ1n) is 6.41. The maximum absolute atomic E-state index is 11.9. The molecule has 1 unspecified atom stereocenters. The molecule has 2 N–H and O–H groups in total. The third kappa shape index (κ3) is 2.19. The number of nitrogens with one attached hydrogen (secondary N) is 1. The van der Waals surface area contributed by atoms with Crippen molar-refractivity contribution < 1.29 is 19.5 Å². The molecule has 19 heavy (non-hydrogen) atoms. The Kier molecular flexibility index (Phi) is 3.07. The Bertz CT molecular complexity index is 440. The van der Waals surface area contributed by atoms with Crippen molar-refractivity contribution in [3.8, 4) is 0 Å². The predicted molar refractivity (Wildman–Crippen MR) is 68.6 cm³/mol. The third-order valence-corrected chi connectivity index (χ3v) is 5.01. The average molecular weight is 268 g/mol. The van der Waals surface area contributed by atoms with Crippen LogP contribution in [0.25, 0.3) is 0 Å². The van der Waals surface area contributed by atoms with Crippen LogP contribution >= 0.6 is 0 Å². The van der Waals surface area contributed by atoms with Crippen molar-refractivity contribution in [2.75, 3.05) is 6.54 Å². The van der Waals surface area contributed by atoms with Crippen LogP contribution in [0.2, 0.25) is 0 Å². The first kappa shape index (κ1) is 13.8. The summed E-state index contributed by atoms with van der Waals surface area (Å²) in [6, 6.07) is 0. The van der Waals surface area contributed by atoms with Gasteiger partial charge in [0.25, 0.3) is 5.91 Å². The zero-order chi connectivity index (χ0) is 14.4. The molecule has 1 heterocycles. The molecule has 1 amide bonds. The molecule has 0 radical (unpaired) electrons. The van der Waals surface area contributed by atoms with E-state index in [4.69, 9.17) is 9.94 Å². The fraction of sp³-hybridized carbons (Fsp3) is 0.769. The molecule has 0 aromatic heterocycles. The SMILES string of the molecule is CC1(C)C(CNC(=O)C2CC(C(=O)O)=NO2)C1(C)C. The largest absolute Gasteiger partial charge is 0.477 e. The fourth-order valence-corrected chi connectivity index (χ4v) is 2.80. The lowest BCUT2D eigenvalue weighted by Gasteiger charge is -2.10. The van der Waals surface area contributed by atoms with Crippen molar-refractivity contribution in [1.82, 2.24) is 5.32 Å². The highest BCUT2D eigenvalue weighted by Crippen LogP contribution is 2.67. The van der Waals surface area contributed by atoms with Gasteiger partial charge >= 0.3 is 5.97 Å². The molecule has 0 saturated heterocycles. The second kappa shape index (κ2) is 4.21. The molecule has 0 bridgehead atoms. The van der Waals surface area contributed by atoms with Crippen LogP contribution in [0, 0.1) is 16.7 Å². The van der Waals surface area contributed by atoms with E-state index in [9.17, 15) is 9.59 Å². The Morgan fingerprint density at radius 1 is 1.37 bits per heavy atom. The Labute approximate surface area is 112 Å². The van der Waals surface area contributed by atoms with Crippen LogP contribution < -0.4 is 5.32 Å². The minimum Gasteiger partial charge on any atom is -0.477 e. The molecular weight excluding hydrogens is 248 g/mol. The summed E-state index contributed by atoms with van der Waals surface area (Å²) >= 11 is 0. The molecule has 106 valence electrons. The van der Waals surface area contributed by atoms with E-state index in [2.05, 4.69) is 38.2 Å². The number of rotatable bonds is 4. The summed E-state index contributed by atoms with van der Waals surface area (Å²) in [6.45, 7) is 9.31. The monoisotopic (exact) mass is 268 g/mol. The summed E-state index contributed by atoms with van der Waals surface area (Å²) in [5.74, 6) is -1.01. The highest BCUT2D eigenvalue weighted by molar-refractivity contribution is 6.36. The van der Waals surface area contributed by atoms with Crippen molar-refractivity contribution in [3.63, 3.8) is 0 Å². The number of carboxylic acid groups (broad SMARTS) is 1. The van der Waals surface area contributed by atoms with Crippen molar-refractivity contribution in [3.05, 3.63) is 0 Å². The first-order chi connectivity index (χ1) is 8.68. The first-order valence-corrected chi connectivity index (χ1v) is 6.41. The number of nitrogens with zero attached hydrogens (tertiary/aromatic N) is 1. The van der Waals surface area contributed by atoms with E-state index in [0.717, 1.165) is 0 Å². The standard InChI is InChI=1S/C13H20N2O4/c1-12(2)9(13(12,3)4)6-14-10(16)8-5-7(11(17)18)15-19-8/h8-9H,5-6H2,1-4H3,(H,14,16)(H,17,18). The Hall–Kier alpha value is -1.59. The van der Waals surface area contributed by atoms with Gasteiger partial charge in [-0.2, -0.15) is 0 Å². The van der Waals surface area contributed by atoms with Gasteiger partial charge in [0, 0.05) is 13.0 Å². The van der Waals surface area contributed by atoms with E-state index in [1.54, 1.807) is 0 Å². The summed E-state index contributed by atoms with van der Waals surface area (Å²) < 4.78 is 0. The van der Waals surface area contributed by atoms with Crippen LogP contribution in [-0.2, 0) is 14.4 Å². The lowest BCUT2D eigenvalue weighted by Crippen LogP contribution is -2.37. The number of hydrogen-bond acceptors (Lipinski definition) is 4. The Morgan fingerprint density at radius 2 is 1.95 bits per heavy atom. The lowest BCUT2D eigenvalue weighted by molar-refractivity contribution is -0.131. The van der Waals surface area contributed by atoms with Crippen LogP contribution in [-0.4, -0.2) is 35.3 Å². The molecule has 6 nitrogen and oxygen atoms in total. The summed E-state index contributed by atoms with van der Waals surface area (Å²) in [4.78, 5) is 27.4. The van der Waals surface area contributed by atoms with Gasteiger partial charge in [-0.15, -0.1) is 0 Å². The molecule has 1 fully saturated rings. The van der Waals surface area contributed by atoms with Gasteiger partial charge in [0.2, 0.25) is 6.10 Å². The van der Waals surface area contributed by atoms with Crippen molar-refractivity contribution >= 4 is 17.6 Å². The molecule has 0 aromatic carbocycles. The summed E-state index contributed by atoms with van der Waals surface area (Å²) in [5.41, 5.74) is 0.311. The van der Waals surface area contributed by atoms with Crippen LogP contribution in [0.1, 0.15) is 34.1 Å². The number of oxime groups is 1. The second-order valence-corrected chi connectivity index (χ2v) is 6.38. The molecule has 0 spiro atoms. The highest BCUT2D eigenvalue weighted by Gasteiger charge is 2.64. The number of amides is 1. The van der Waals surface area contributed by atoms with Crippen LogP contribution in [0.15, 0.2) is 5.16 Å². The lowest BCUT2D eigenvalue weighted by atomic mass is 10.0. The smallest absolute Gasteiger partial charge is 0.353 e. The molecule has 6 heteroatoms. The van der Waals surface area contributed by atoms with E-state index in [1.807, 2.05) is 0 Å². The number of aliphatic carboxylic acids is 1. The molecule has 1 aliphatic carbocycles. The van der Waals surface area contributed by atoms with Crippen molar-refractivity contribution in [1.29, 1.82) is 0 Å². The zero-order valence-corrected chi connectivity index (χ0v) is 11.7. The number of carbonyl (C=O) groups excluding carboxylic acids is 1. The molecule has 2 aliphatic rings. The average Bonchev–Trinajstić information content (AvgIpc) is 2.72. The molecule has 2 rings (SSSR count). The van der Waals surface area contributed by atoms with Gasteiger partial charge in [0.15, 0.2) is 5.71 Å². The summed E-state index contributed by atoms with van der Waals surface area (Å²) in [5, 5.41) is 15.0. The van der Waals surface area contributed by atoms with Gasteiger partial charge in [0.05, 0.1) is 0 Å². The van der Waals surface area contributed by atoms with E-state index < -0.39 is 12.1 Å². The van der Waals surface area contributed by atoms with Crippen LogP contribution in [0.4, 0.5) is 0 Å². The predicted octanol–water partition coefficient (Wildman–Crippen LogP) is 1.01. The Morgan fingerprint density at radius 3 is 2.37 bits per heavy atom. The van der Waals surface area contributed by atoms with E-state index >= 15 is 0 Å². The number of hydrogen-bond donors (Lipinski definition) is 2. The normalized spacial score (nSPS) is 27.4. The van der Waals surface area contributed by atoms with Crippen molar-refractivity contribution in [2.45, 2.75) is 40.2 Å². The quantitative estimate of drug-likeness (QED) is 0.796. The fourth-order valence-electron chi connectivity index (χ4n) is 2.80. The van der Waals surface area contributed by atoms with E-state index in [-0.39, 0.29) is 28.9 Å². The van der Waals surface area contributed by atoms with E-state index in [0.29, 0.717) is 12.5 Å². The summed E-state index contributed by atoms with van der Waals surface area (Å²) in [7, 11) is 0. The maximum atomic E-state index is 11.9. The molecule has 0 aromatic rings. The van der Waals surface area contributed by atoms with E-state index in [1.165, 1.54) is 0 Å². The van der Waals surface area contributed by atoms with Crippen molar-refractivity contribution in [2.24, 2.45) is 21.9 Å². The molecule has 1 atom stereocenters. The van der Waals surface area contributed by atoms with Gasteiger partial charge in [-0.3, -0.25) is 4.79 Å². The van der Waals surface area contributed by atoms with Gasteiger partial charge < -0.3 is 15.3 Å². The highest BCUT2D eigenvalue weighted by atomic mass is 16.6. The molecule has 1 aliphatic heterocycles. The summed E-state index contributed by atoms with van der Waals surface area (Å²) in [6.07, 6.45) is -0.783.